The number of nitrogens with zero attached hydrogens (tertiary/aromatic N) is 1. The molecule has 0 fully saturated rings. The number of alkyl halides is 3. The summed E-state index contributed by atoms with van der Waals surface area (Å²) in [5.41, 5.74) is 1.22. The average molecular weight is 590 g/mol. The molecule has 12 heteroatoms. The summed E-state index contributed by atoms with van der Waals surface area (Å²) in [5.74, 6) is -5.31. The largest absolute Gasteiger partial charge is 0.471 e. The molecule has 0 saturated carbocycles. The van der Waals surface area contributed by atoms with Crippen LogP contribution in [0.15, 0.2) is 72.5 Å². The van der Waals surface area contributed by atoms with Crippen molar-refractivity contribution in [3.8, 4) is 0 Å². The Bertz CT molecular complexity index is 1220. The van der Waals surface area contributed by atoms with Gasteiger partial charge >= 0.3 is 18.1 Å². The third-order valence-corrected chi connectivity index (χ3v) is 6.40. The molecule has 2 N–H and O–H groups in total. The number of ether oxygens (including phenoxy) is 2. The van der Waals surface area contributed by atoms with E-state index in [0.717, 1.165) is 13.0 Å². The molecule has 9 nitrogen and oxygen atoms in total. The van der Waals surface area contributed by atoms with Crippen molar-refractivity contribution in [1.82, 2.24) is 15.5 Å². The van der Waals surface area contributed by atoms with Crippen LogP contribution in [0, 0.1) is 0 Å². The first-order chi connectivity index (χ1) is 20.0. The molecule has 0 bridgehead atoms. The van der Waals surface area contributed by atoms with Crippen LogP contribution in [0.1, 0.15) is 50.8 Å². The summed E-state index contributed by atoms with van der Waals surface area (Å²) in [6.45, 7) is 5.38. The van der Waals surface area contributed by atoms with E-state index in [1.807, 2.05) is 13.8 Å². The Labute approximate surface area is 242 Å². The summed E-state index contributed by atoms with van der Waals surface area (Å²) in [6.07, 6.45) is -5.77. The van der Waals surface area contributed by atoms with E-state index in [1.54, 1.807) is 66.0 Å². The lowest BCUT2D eigenvalue weighted by Gasteiger charge is -2.39. The SMILES string of the molecule is CCCN(CCC)C(=O)C1OC(C(=O)OC(c2ccccc2)c2ccccc2)=CC(NC(=O)C(F)(F)F)C1NC(C)=O. The Hall–Kier alpha value is -4.35. The molecule has 0 saturated heterocycles. The summed E-state index contributed by atoms with van der Waals surface area (Å²) in [5, 5.41) is 4.21. The van der Waals surface area contributed by atoms with E-state index in [-0.39, 0.29) is 0 Å². The average Bonchev–Trinajstić information content (AvgIpc) is 2.96. The second-order valence-corrected chi connectivity index (χ2v) is 9.72. The van der Waals surface area contributed by atoms with Gasteiger partial charge in [-0.25, -0.2) is 4.79 Å². The molecule has 1 aliphatic rings. The van der Waals surface area contributed by atoms with Crippen molar-refractivity contribution < 1.29 is 41.8 Å². The number of amides is 3. The monoisotopic (exact) mass is 589 g/mol. The summed E-state index contributed by atoms with van der Waals surface area (Å²) >= 11 is 0. The number of rotatable bonds is 11. The molecule has 2 aromatic rings. The first-order valence-corrected chi connectivity index (χ1v) is 13.6. The third-order valence-electron chi connectivity index (χ3n) is 6.40. The first-order valence-electron chi connectivity index (χ1n) is 13.6. The van der Waals surface area contributed by atoms with Gasteiger partial charge in [-0.15, -0.1) is 0 Å². The Balaban J connectivity index is 2.05. The zero-order valence-corrected chi connectivity index (χ0v) is 23.5. The normalized spacial score (nSPS) is 18.4. The van der Waals surface area contributed by atoms with Gasteiger partial charge in [0.05, 0.1) is 12.1 Å². The van der Waals surface area contributed by atoms with Crippen LogP contribution in [-0.2, 0) is 28.7 Å². The molecule has 226 valence electrons. The number of benzene rings is 2. The van der Waals surface area contributed by atoms with Gasteiger partial charge in [0.25, 0.3) is 5.91 Å². The third kappa shape index (κ3) is 8.34. The lowest BCUT2D eigenvalue weighted by molar-refractivity contribution is -0.175. The fourth-order valence-electron chi connectivity index (χ4n) is 4.59. The topological polar surface area (TPSA) is 114 Å². The maximum absolute atomic E-state index is 13.7. The minimum Gasteiger partial charge on any atom is -0.471 e. The van der Waals surface area contributed by atoms with Gasteiger partial charge in [0.2, 0.25) is 11.7 Å². The van der Waals surface area contributed by atoms with E-state index in [9.17, 15) is 32.3 Å². The highest BCUT2D eigenvalue weighted by Gasteiger charge is 2.47. The summed E-state index contributed by atoms with van der Waals surface area (Å²) in [4.78, 5) is 52.7. The van der Waals surface area contributed by atoms with Crippen molar-refractivity contribution in [1.29, 1.82) is 0 Å². The summed E-state index contributed by atoms with van der Waals surface area (Å²) in [7, 11) is 0. The van der Waals surface area contributed by atoms with Crippen LogP contribution in [0.5, 0.6) is 0 Å². The van der Waals surface area contributed by atoms with Crippen molar-refractivity contribution in [3.05, 3.63) is 83.6 Å². The fraction of sp³-hybridized carbons (Fsp3) is 0.400. The van der Waals surface area contributed by atoms with Gasteiger partial charge in [-0.3, -0.25) is 14.4 Å². The fourth-order valence-corrected chi connectivity index (χ4v) is 4.59. The molecule has 3 amide bonds. The van der Waals surface area contributed by atoms with E-state index in [0.29, 0.717) is 37.1 Å². The molecule has 3 atom stereocenters. The highest BCUT2D eigenvalue weighted by molar-refractivity contribution is 5.91. The number of hydrogen-bond acceptors (Lipinski definition) is 6. The molecule has 0 aliphatic carbocycles. The van der Waals surface area contributed by atoms with Crippen molar-refractivity contribution in [2.24, 2.45) is 0 Å². The number of carbonyl (C=O) groups is 4. The van der Waals surface area contributed by atoms with Crippen molar-refractivity contribution >= 4 is 23.7 Å². The molecule has 1 aliphatic heterocycles. The molecule has 42 heavy (non-hydrogen) atoms. The molecular formula is C30H34F3N3O6. The van der Waals surface area contributed by atoms with Crippen molar-refractivity contribution in [2.75, 3.05) is 13.1 Å². The number of carbonyl (C=O) groups excluding carboxylic acids is 4. The molecule has 0 spiro atoms. The van der Waals surface area contributed by atoms with E-state index in [2.05, 4.69) is 5.32 Å². The Kier molecular flexibility index (Phi) is 11.1. The lowest BCUT2D eigenvalue weighted by Crippen LogP contribution is -2.64. The first kappa shape index (κ1) is 32.2. The predicted molar refractivity (Wildman–Crippen MR) is 147 cm³/mol. The van der Waals surface area contributed by atoms with Crippen LogP contribution >= 0.6 is 0 Å². The van der Waals surface area contributed by atoms with Gasteiger partial charge < -0.3 is 25.0 Å². The molecule has 1 heterocycles. The Morgan fingerprint density at radius 1 is 0.905 bits per heavy atom. The smallest absolute Gasteiger partial charge is 0.471 e. The zero-order valence-electron chi connectivity index (χ0n) is 23.5. The predicted octanol–water partition coefficient (Wildman–Crippen LogP) is 3.80. The second-order valence-electron chi connectivity index (χ2n) is 9.72. The van der Waals surface area contributed by atoms with E-state index in [4.69, 9.17) is 9.47 Å². The maximum Gasteiger partial charge on any atom is 0.471 e. The molecule has 3 unspecified atom stereocenters. The Morgan fingerprint density at radius 2 is 1.43 bits per heavy atom. The van der Waals surface area contributed by atoms with Crippen LogP contribution in [0.2, 0.25) is 0 Å². The van der Waals surface area contributed by atoms with E-state index >= 15 is 0 Å². The lowest BCUT2D eigenvalue weighted by atomic mass is 9.96. The number of esters is 1. The zero-order chi connectivity index (χ0) is 30.9. The standard InChI is InChI=1S/C30H34F3N3O6/c1-4-16-36(17-5-2)27(38)26-24(34-19(3)37)22(35-29(40)30(31,32)33)18-23(41-26)28(39)42-25(20-12-8-6-9-13-20)21-14-10-7-11-15-21/h6-15,18,22,24-26H,4-5,16-17H2,1-3H3,(H,34,37)(H,35,40). The highest BCUT2D eigenvalue weighted by Crippen LogP contribution is 2.29. The van der Waals surface area contributed by atoms with Crippen molar-refractivity contribution in [3.63, 3.8) is 0 Å². The molecular weight excluding hydrogens is 555 g/mol. The van der Waals surface area contributed by atoms with E-state index in [1.165, 1.54) is 4.90 Å². The van der Waals surface area contributed by atoms with Gasteiger partial charge in [-0.1, -0.05) is 74.5 Å². The summed E-state index contributed by atoms with van der Waals surface area (Å²) < 4.78 is 51.4. The van der Waals surface area contributed by atoms with Gasteiger partial charge in [0.1, 0.15) is 0 Å². The molecule has 0 aromatic heterocycles. The molecule has 3 rings (SSSR count). The Morgan fingerprint density at radius 3 is 1.88 bits per heavy atom. The van der Waals surface area contributed by atoms with Crippen LogP contribution < -0.4 is 10.6 Å². The maximum atomic E-state index is 13.7. The number of nitrogens with one attached hydrogen (secondary N) is 2. The van der Waals surface area contributed by atoms with Crippen LogP contribution in [0.3, 0.4) is 0 Å². The van der Waals surface area contributed by atoms with Crippen LogP contribution in [-0.4, -0.2) is 66.0 Å². The quantitative estimate of drug-likeness (QED) is 0.386. The summed E-state index contributed by atoms with van der Waals surface area (Å²) in [6, 6.07) is 14.4. The van der Waals surface area contributed by atoms with Gasteiger partial charge in [-0.05, 0) is 30.0 Å². The van der Waals surface area contributed by atoms with Gasteiger partial charge in [-0.2, -0.15) is 13.2 Å². The second kappa shape index (κ2) is 14.5. The van der Waals surface area contributed by atoms with Crippen LogP contribution in [0.4, 0.5) is 13.2 Å². The molecule has 0 radical (unpaired) electrons. The van der Waals surface area contributed by atoms with Gasteiger partial charge in [0.15, 0.2) is 12.2 Å². The van der Waals surface area contributed by atoms with Gasteiger partial charge in [0, 0.05) is 20.0 Å². The van der Waals surface area contributed by atoms with Crippen molar-refractivity contribution in [2.45, 2.75) is 64.1 Å². The number of hydrogen-bond donors (Lipinski definition) is 2. The minimum absolute atomic E-state index is 0.298. The molecule has 2 aromatic carbocycles. The minimum atomic E-state index is -5.27. The van der Waals surface area contributed by atoms with Crippen LogP contribution in [0.25, 0.3) is 0 Å². The van der Waals surface area contributed by atoms with E-state index < -0.39 is 59.9 Å². The highest BCUT2D eigenvalue weighted by atomic mass is 19.4. The number of halogens is 3.